The number of hydrogen-bond donors (Lipinski definition) is 2. The quantitative estimate of drug-likeness (QED) is 0.705. The third-order valence-electron chi connectivity index (χ3n) is 4.63. The fourth-order valence-electron chi connectivity index (χ4n) is 4.75. The molecule has 0 aromatic heterocycles. The Bertz CT molecular complexity index is 332. The second-order valence-corrected chi connectivity index (χ2v) is 12.9. The maximum absolute atomic E-state index is 3.79. The van der Waals surface area contributed by atoms with Gasteiger partial charge in [0, 0.05) is 32.7 Å². The van der Waals surface area contributed by atoms with Crippen LogP contribution in [0, 0.1) is 0 Å². The van der Waals surface area contributed by atoms with Crippen LogP contribution in [0.25, 0.3) is 0 Å². The summed E-state index contributed by atoms with van der Waals surface area (Å²) in [6.45, 7) is 18.8. The lowest BCUT2D eigenvalue weighted by molar-refractivity contribution is 0.187. The number of hydrogen-bond acceptors (Lipinski definition) is 4. The van der Waals surface area contributed by atoms with E-state index in [1.807, 2.05) is 0 Å². The Morgan fingerprint density at radius 3 is 1.00 bits per heavy atom. The van der Waals surface area contributed by atoms with E-state index in [0.29, 0.717) is 0 Å². The molecule has 0 atom stereocenters. The molecule has 0 aromatic rings. The molecule has 2 rings (SSSR count). The normalized spacial score (nSPS) is 31.1. The molecule has 4 heteroatoms. The smallest absolute Gasteiger partial charge is 0.0186 e. The standard InChI is InChI=1S/C18H36N2S2/c1-15(2)9-13(10-16(3,4)19-15)21-22-14-11-17(5,6)20-18(7,8)12-14/h13-14,19-20H,9-12H2,1-8H3. The first-order valence-corrected chi connectivity index (χ1v) is 11.0. The Labute approximate surface area is 146 Å². The maximum Gasteiger partial charge on any atom is 0.0186 e. The first-order chi connectivity index (χ1) is 9.78. The molecule has 0 amide bonds. The van der Waals surface area contributed by atoms with E-state index in [1.165, 1.54) is 25.7 Å². The SMILES string of the molecule is CC1(C)CC(SSC2CC(C)(C)NC(C)(C)C2)CC(C)(C)N1. The van der Waals surface area contributed by atoms with E-state index >= 15 is 0 Å². The lowest BCUT2D eigenvalue weighted by Gasteiger charge is -2.48. The van der Waals surface area contributed by atoms with E-state index in [-0.39, 0.29) is 22.2 Å². The van der Waals surface area contributed by atoms with Gasteiger partial charge in [0.1, 0.15) is 0 Å². The predicted octanol–water partition coefficient (Wildman–Crippen LogP) is 4.99. The van der Waals surface area contributed by atoms with Crippen LogP contribution >= 0.6 is 21.6 Å². The maximum atomic E-state index is 3.79. The molecule has 0 aromatic carbocycles. The molecule has 0 radical (unpaired) electrons. The van der Waals surface area contributed by atoms with Crippen molar-refractivity contribution in [3.8, 4) is 0 Å². The van der Waals surface area contributed by atoms with Gasteiger partial charge in [0.25, 0.3) is 0 Å². The summed E-state index contributed by atoms with van der Waals surface area (Å²) >= 11 is 0. The van der Waals surface area contributed by atoms with E-state index in [2.05, 4.69) is 87.6 Å². The first kappa shape index (κ1) is 19.0. The monoisotopic (exact) mass is 344 g/mol. The fraction of sp³-hybridized carbons (Fsp3) is 1.00. The van der Waals surface area contributed by atoms with Crippen molar-refractivity contribution in [3.63, 3.8) is 0 Å². The minimum absolute atomic E-state index is 0.257. The zero-order valence-corrected chi connectivity index (χ0v) is 17.4. The predicted molar refractivity (Wildman–Crippen MR) is 104 cm³/mol. The van der Waals surface area contributed by atoms with Gasteiger partial charge in [-0.3, -0.25) is 0 Å². The van der Waals surface area contributed by atoms with Gasteiger partial charge in [0.05, 0.1) is 0 Å². The molecule has 130 valence electrons. The molecular formula is C18H36N2S2. The highest BCUT2D eigenvalue weighted by Crippen LogP contribution is 2.46. The second kappa shape index (κ2) is 6.16. The van der Waals surface area contributed by atoms with Gasteiger partial charge in [-0.05, 0) is 81.1 Å². The van der Waals surface area contributed by atoms with Gasteiger partial charge >= 0.3 is 0 Å². The van der Waals surface area contributed by atoms with Crippen LogP contribution in [0.1, 0.15) is 81.1 Å². The molecular weight excluding hydrogens is 308 g/mol. The first-order valence-electron chi connectivity index (χ1n) is 8.69. The highest BCUT2D eigenvalue weighted by atomic mass is 33.1. The van der Waals surface area contributed by atoms with Crippen LogP contribution in [0.4, 0.5) is 0 Å². The van der Waals surface area contributed by atoms with Gasteiger partial charge < -0.3 is 10.6 Å². The molecule has 2 heterocycles. The summed E-state index contributed by atoms with van der Waals surface area (Å²) in [5, 5.41) is 9.11. The highest BCUT2D eigenvalue weighted by Gasteiger charge is 2.41. The van der Waals surface area contributed by atoms with Crippen molar-refractivity contribution < 1.29 is 0 Å². The number of piperidine rings is 2. The van der Waals surface area contributed by atoms with Crippen LogP contribution in [0.3, 0.4) is 0 Å². The van der Waals surface area contributed by atoms with Crippen molar-refractivity contribution in [1.82, 2.24) is 10.6 Å². The molecule has 22 heavy (non-hydrogen) atoms. The summed E-state index contributed by atoms with van der Waals surface area (Å²) in [5.41, 5.74) is 1.03. The van der Waals surface area contributed by atoms with Crippen molar-refractivity contribution in [2.24, 2.45) is 0 Å². The zero-order chi connectivity index (χ0) is 16.8. The molecule has 2 N–H and O–H groups in total. The van der Waals surface area contributed by atoms with Crippen molar-refractivity contribution in [3.05, 3.63) is 0 Å². The van der Waals surface area contributed by atoms with Gasteiger partial charge in [0.2, 0.25) is 0 Å². The lowest BCUT2D eigenvalue weighted by atomic mass is 9.82. The Balaban J connectivity index is 1.92. The van der Waals surface area contributed by atoms with Gasteiger partial charge in [0.15, 0.2) is 0 Å². The Kier molecular flexibility index (Phi) is 5.31. The van der Waals surface area contributed by atoms with Crippen molar-refractivity contribution in [2.45, 2.75) is 114 Å². The molecule has 0 saturated carbocycles. The molecule has 2 saturated heterocycles. The molecule has 0 aliphatic carbocycles. The summed E-state index contributed by atoms with van der Waals surface area (Å²) in [4.78, 5) is 0. The van der Waals surface area contributed by atoms with Gasteiger partial charge in [-0.25, -0.2) is 0 Å². The molecule has 0 spiro atoms. The van der Waals surface area contributed by atoms with Crippen LogP contribution < -0.4 is 10.6 Å². The summed E-state index contributed by atoms with van der Waals surface area (Å²) in [6, 6.07) is 0. The van der Waals surface area contributed by atoms with Crippen LogP contribution in [0.5, 0.6) is 0 Å². The fourth-order valence-corrected chi connectivity index (χ4v) is 8.76. The topological polar surface area (TPSA) is 24.1 Å². The lowest BCUT2D eigenvalue weighted by Crippen LogP contribution is -2.59. The summed E-state index contributed by atoms with van der Waals surface area (Å²) in [5.74, 6) is 0. The average molecular weight is 345 g/mol. The van der Waals surface area contributed by atoms with Gasteiger partial charge in [-0.15, -0.1) is 0 Å². The van der Waals surface area contributed by atoms with E-state index in [1.54, 1.807) is 0 Å². The van der Waals surface area contributed by atoms with E-state index < -0.39 is 0 Å². The Morgan fingerprint density at radius 1 is 0.545 bits per heavy atom. The molecule has 2 aliphatic rings. The van der Waals surface area contributed by atoms with Crippen molar-refractivity contribution >= 4 is 21.6 Å². The minimum Gasteiger partial charge on any atom is -0.307 e. The number of nitrogens with one attached hydrogen (secondary N) is 2. The average Bonchev–Trinajstić information content (AvgIpc) is 2.17. The largest absolute Gasteiger partial charge is 0.307 e. The van der Waals surface area contributed by atoms with Crippen molar-refractivity contribution in [2.75, 3.05) is 0 Å². The molecule has 0 bridgehead atoms. The van der Waals surface area contributed by atoms with E-state index in [4.69, 9.17) is 0 Å². The van der Waals surface area contributed by atoms with E-state index in [0.717, 1.165) is 10.5 Å². The summed E-state index contributed by atoms with van der Waals surface area (Å²) in [6.07, 6.45) is 5.08. The molecule has 0 unspecified atom stereocenters. The Morgan fingerprint density at radius 2 is 0.773 bits per heavy atom. The van der Waals surface area contributed by atoms with Crippen LogP contribution in [0.2, 0.25) is 0 Å². The highest BCUT2D eigenvalue weighted by molar-refractivity contribution is 8.77. The summed E-state index contributed by atoms with van der Waals surface area (Å²) < 4.78 is 0. The van der Waals surface area contributed by atoms with Gasteiger partial charge in [-0.1, -0.05) is 21.6 Å². The molecule has 2 aliphatic heterocycles. The zero-order valence-electron chi connectivity index (χ0n) is 15.8. The third-order valence-corrected chi connectivity index (χ3v) is 7.92. The third kappa shape index (κ3) is 5.61. The van der Waals surface area contributed by atoms with Crippen molar-refractivity contribution in [1.29, 1.82) is 0 Å². The van der Waals surface area contributed by atoms with Gasteiger partial charge in [-0.2, -0.15) is 0 Å². The Hall–Kier alpha value is 0.620. The minimum atomic E-state index is 0.257. The second-order valence-electron chi connectivity index (χ2n) is 10.0. The van der Waals surface area contributed by atoms with Crippen LogP contribution in [-0.2, 0) is 0 Å². The summed E-state index contributed by atoms with van der Waals surface area (Å²) in [7, 11) is 4.32. The van der Waals surface area contributed by atoms with Crippen LogP contribution in [-0.4, -0.2) is 32.7 Å². The number of rotatable bonds is 3. The molecule has 2 fully saturated rings. The van der Waals surface area contributed by atoms with Crippen LogP contribution in [0.15, 0.2) is 0 Å². The molecule has 2 nitrogen and oxygen atoms in total. The van der Waals surface area contributed by atoms with E-state index in [9.17, 15) is 0 Å².